The van der Waals surface area contributed by atoms with E-state index in [-0.39, 0.29) is 16.6 Å². The number of thioether (sulfide) groups is 1. The lowest BCUT2D eigenvalue weighted by atomic mass is 10.2. The number of esters is 1. The van der Waals surface area contributed by atoms with Crippen molar-refractivity contribution in [1.29, 1.82) is 0 Å². The zero-order chi connectivity index (χ0) is 21.7. The number of hydrogen-bond donors (Lipinski definition) is 1. The lowest BCUT2D eigenvalue weighted by molar-refractivity contribution is -0.137. The molecule has 1 aromatic carbocycles. The van der Waals surface area contributed by atoms with E-state index in [1.165, 1.54) is 19.2 Å². The number of aromatic nitrogens is 2. The van der Waals surface area contributed by atoms with Gasteiger partial charge in [0.15, 0.2) is 15.8 Å². The maximum atomic E-state index is 12.4. The summed E-state index contributed by atoms with van der Waals surface area (Å²) in [4.78, 5) is 23.6. The van der Waals surface area contributed by atoms with Gasteiger partial charge in [0.2, 0.25) is 21.1 Å². The highest BCUT2D eigenvalue weighted by atomic mass is 32.2. The summed E-state index contributed by atoms with van der Waals surface area (Å²) in [5.41, 5.74) is 0.267. The number of carbonyl (C=O) groups is 2. The van der Waals surface area contributed by atoms with E-state index >= 15 is 0 Å². The average molecular weight is 475 g/mol. The van der Waals surface area contributed by atoms with Crippen molar-refractivity contribution in [2.75, 3.05) is 48.5 Å². The molecular formula is C16H18N4O7S3. The molecule has 0 aliphatic carbocycles. The first kappa shape index (κ1) is 22.1. The predicted octanol–water partition coefficient (Wildman–Crippen LogP) is 0.979. The summed E-state index contributed by atoms with van der Waals surface area (Å²) in [5.74, 6) is -0.0386. The molecule has 162 valence electrons. The third kappa shape index (κ3) is 5.73. The molecule has 0 bridgehead atoms. The second kappa shape index (κ2) is 9.49. The number of rotatable bonds is 8. The summed E-state index contributed by atoms with van der Waals surface area (Å²) in [5, 5.41) is 10.4. The number of anilines is 2. The van der Waals surface area contributed by atoms with Gasteiger partial charge in [-0.3, -0.25) is 19.2 Å². The van der Waals surface area contributed by atoms with E-state index in [0.29, 0.717) is 29.1 Å². The highest BCUT2D eigenvalue weighted by Gasteiger charge is 2.24. The van der Waals surface area contributed by atoms with Gasteiger partial charge in [-0.05, 0) is 12.1 Å². The van der Waals surface area contributed by atoms with E-state index in [1.54, 1.807) is 6.07 Å². The summed E-state index contributed by atoms with van der Waals surface area (Å²) in [7, 11) is -2.48. The van der Waals surface area contributed by atoms with Crippen molar-refractivity contribution in [2.24, 2.45) is 0 Å². The second-order valence-electron chi connectivity index (χ2n) is 5.88. The molecule has 0 spiro atoms. The Kier molecular flexibility index (Phi) is 6.99. The van der Waals surface area contributed by atoms with Gasteiger partial charge in [0.1, 0.15) is 19.8 Å². The van der Waals surface area contributed by atoms with Crippen molar-refractivity contribution in [1.82, 2.24) is 10.2 Å². The first-order chi connectivity index (χ1) is 14.3. The lowest BCUT2D eigenvalue weighted by Gasteiger charge is -2.24. The molecule has 2 heterocycles. The predicted molar refractivity (Wildman–Crippen MR) is 111 cm³/mol. The van der Waals surface area contributed by atoms with Crippen LogP contribution in [0.2, 0.25) is 0 Å². The van der Waals surface area contributed by atoms with E-state index in [4.69, 9.17) is 9.47 Å². The first-order valence-corrected chi connectivity index (χ1v) is 12.1. The highest BCUT2D eigenvalue weighted by Crippen LogP contribution is 2.34. The molecule has 1 aliphatic heterocycles. The van der Waals surface area contributed by atoms with Crippen molar-refractivity contribution in [3.8, 4) is 11.5 Å². The van der Waals surface area contributed by atoms with Gasteiger partial charge in [-0.15, -0.1) is 10.2 Å². The molecule has 0 atom stereocenters. The van der Waals surface area contributed by atoms with Crippen LogP contribution >= 0.6 is 23.1 Å². The van der Waals surface area contributed by atoms with Crippen LogP contribution in [0.15, 0.2) is 22.5 Å². The number of hydrogen-bond acceptors (Lipinski definition) is 11. The van der Waals surface area contributed by atoms with E-state index in [2.05, 4.69) is 20.3 Å². The van der Waals surface area contributed by atoms with Crippen molar-refractivity contribution in [2.45, 2.75) is 4.34 Å². The van der Waals surface area contributed by atoms with Gasteiger partial charge >= 0.3 is 5.97 Å². The number of nitrogens with one attached hydrogen (secondary N) is 1. The maximum Gasteiger partial charge on any atom is 0.316 e. The molecule has 3 rings (SSSR count). The molecule has 0 fully saturated rings. The fourth-order valence-electron chi connectivity index (χ4n) is 2.37. The molecule has 2 aromatic rings. The molecule has 30 heavy (non-hydrogen) atoms. The Hall–Kier alpha value is -2.58. The Labute approximate surface area is 180 Å². The van der Waals surface area contributed by atoms with Crippen molar-refractivity contribution >= 4 is 55.8 Å². The lowest BCUT2D eigenvalue weighted by Crippen LogP contribution is -2.37. The molecule has 1 N–H and O–H groups in total. The topological polar surface area (TPSA) is 137 Å². The van der Waals surface area contributed by atoms with Gasteiger partial charge in [0.05, 0.1) is 24.8 Å². The summed E-state index contributed by atoms with van der Waals surface area (Å²) >= 11 is 2.18. The van der Waals surface area contributed by atoms with Crippen LogP contribution in [0.5, 0.6) is 11.5 Å². The number of ether oxygens (including phenoxy) is 3. The number of methoxy groups -OCH3 is 1. The fraction of sp³-hybridized carbons (Fsp3) is 0.375. The molecule has 0 saturated heterocycles. The molecule has 1 amide bonds. The quantitative estimate of drug-likeness (QED) is 0.335. The standard InChI is InChI=1S/C16H18N4O7S3/c1-25-14(22)9-28-16-19-18-15(29-16)17-13(21)8-20(30(2,23)24)10-3-4-11-12(7-10)27-6-5-26-11/h3-4,7H,5-6,8-9H2,1-2H3,(H,17,18,21). The molecule has 0 saturated carbocycles. The van der Waals surface area contributed by atoms with Crippen LogP contribution < -0.4 is 19.1 Å². The molecule has 0 radical (unpaired) electrons. The Bertz CT molecular complexity index is 1040. The molecule has 11 nitrogen and oxygen atoms in total. The van der Waals surface area contributed by atoms with Gasteiger partial charge in [-0.2, -0.15) is 0 Å². The summed E-state index contributed by atoms with van der Waals surface area (Å²) < 4.78 is 41.4. The van der Waals surface area contributed by atoms with Gasteiger partial charge in [-0.1, -0.05) is 23.1 Å². The zero-order valence-corrected chi connectivity index (χ0v) is 18.4. The van der Waals surface area contributed by atoms with Crippen LogP contribution in [0.1, 0.15) is 0 Å². The van der Waals surface area contributed by atoms with Gasteiger partial charge in [0.25, 0.3) is 0 Å². The minimum atomic E-state index is -3.76. The smallest absolute Gasteiger partial charge is 0.316 e. The zero-order valence-electron chi connectivity index (χ0n) is 16.0. The highest BCUT2D eigenvalue weighted by molar-refractivity contribution is 8.01. The van der Waals surface area contributed by atoms with Crippen LogP contribution in [0.25, 0.3) is 0 Å². The SMILES string of the molecule is COC(=O)CSc1nnc(NC(=O)CN(c2ccc3c(c2)OCCO3)S(C)(=O)=O)s1. The molecule has 14 heteroatoms. The largest absolute Gasteiger partial charge is 0.486 e. The number of fused-ring (bicyclic) bond motifs is 1. The van der Waals surface area contributed by atoms with E-state index in [1.807, 2.05) is 0 Å². The van der Waals surface area contributed by atoms with Gasteiger partial charge in [-0.25, -0.2) is 8.42 Å². The van der Waals surface area contributed by atoms with Crippen LogP contribution in [0, 0.1) is 0 Å². The summed E-state index contributed by atoms with van der Waals surface area (Å²) in [6.45, 7) is 0.290. The third-order valence-corrected chi connectivity index (χ3v) is 6.78. The first-order valence-electron chi connectivity index (χ1n) is 8.46. The Balaban J connectivity index is 1.68. The van der Waals surface area contributed by atoms with Gasteiger partial charge in [0, 0.05) is 6.07 Å². The molecule has 1 aliphatic rings. The van der Waals surface area contributed by atoms with E-state index in [9.17, 15) is 18.0 Å². The van der Waals surface area contributed by atoms with E-state index in [0.717, 1.165) is 33.7 Å². The third-order valence-electron chi connectivity index (χ3n) is 3.70. The maximum absolute atomic E-state index is 12.4. The summed E-state index contributed by atoms with van der Waals surface area (Å²) in [6.07, 6.45) is 1.00. The number of carbonyl (C=O) groups excluding carboxylic acids is 2. The van der Waals surface area contributed by atoms with Crippen LogP contribution in [0.3, 0.4) is 0 Å². The Morgan fingerprint density at radius 1 is 1.27 bits per heavy atom. The molecule has 1 aromatic heterocycles. The average Bonchev–Trinajstić information content (AvgIpc) is 3.16. The number of nitrogens with zero attached hydrogens (tertiary/aromatic N) is 3. The van der Waals surface area contributed by atoms with Crippen LogP contribution in [-0.4, -0.2) is 69.4 Å². The second-order valence-corrected chi connectivity index (χ2v) is 9.99. The van der Waals surface area contributed by atoms with Crippen molar-refractivity contribution in [3.63, 3.8) is 0 Å². The molecule has 0 unspecified atom stereocenters. The Morgan fingerprint density at radius 2 is 2.00 bits per heavy atom. The fourth-order valence-corrected chi connectivity index (χ4v) is 4.82. The normalized spacial score (nSPS) is 12.9. The summed E-state index contributed by atoms with van der Waals surface area (Å²) in [6, 6.07) is 4.64. The van der Waals surface area contributed by atoms with Crippen molar-refractivity contribution < 1.29 is 32.2 Å². The number of benzene rings is 1. The van der Waals surface area contributed by atoms with Crippen LogP contribution in [-0.2, 0) is 24.3 Å². The number of sulfonamides is 1. The van der Waals surface area contributed by atoms with Gasteiger partial charge < -0.3 is 14.2 Å². The van der Waals surface area contributed by atoms with Crippen molar-refractivity contribution in [3.05, 3.63) is 18.2 Å². The molecular weight excluding hydrogens is 456 g/mol. The minimum Gasteiger partial charge on any atom is -0.486 e. The monoisotopic (exact) mass is 474 g/mol. The minimum absolute atomic E-state index is 0.0606. The number of amides is 1. The Morgan fingerprint density at radius 3 is 2.70 bits per heavy atom. The van der Waals surface area contributed by atoms with Crippen LogP contribution in [0.4, 0.5) is 10.8 Å². The van der Waals surface area contributed by atoms with E-state index < -0.39 is 28.4 Å².